The Morgan fingerprint density at radius 1 is 0.861 bits per heavy atom. The van der Waals surface area contributed by atoms with E-state index < -0.39 is 27.9 Å². The molecule has 0 saturated carbocycles. The van der Waals surface area contributed by atoms with Crippen LogP contribution in [-0.2, 0) is 21.2 Å². The third-order valence-electron chi connectivity index (χ3n) is 5.05. The van der Waals surface area contributed by atoms with Gasteiger partial charge in [-0.2, -0.15) is 0 Å². The first-order chi connectivity index (χ1) is 17.0. The van der Waals surface area contributed by atoms with E-state index in [1.54, 1.807) is 49.5 Å². The maximum atomic E-state index is 13.0. The van der Waals surface area contributed by atoms with Gasteiger partial charge < -0.3 is 15.3 Å². The summed E-state index contributed by atoms with van der Waals surface area (Å²) in [4.78, 5) is 36.2. The second-order valence-corrected chi connectivity index (χ2v) is 9.50. The molecule has 0 aliphatic carbocycles. The number of benzene rings is 2. The maximum Gasteiger partial charge on any atom is 0.335 e. The van der Waals surface area contributed by atoms with E-state index in [2.05, 4.69) is 4.98 Å². The molecule has 4 aromatic rings. The van der Waals surface area contributed by atoms with Crippen LogP contribution in [0.1, 0.15) is 38.4 Å². The van der Waals surface area contributed by atoms with Crippen molar-refractivity contribution in [2.75, 3.05) is 0 Å². The summed E-state index contributed by atoms with van der Waals surface area (Å²) in [5.41, 5.74) is 1.99. The minimum atomic E-state index is -3.82. The average molecular weight is 511 g/mol. The number of pyridine rings is 1. The van der Waals surface area contributed by atoms with E-state index >= 15 is 0 Å². The summed E-state index contributed by atoms with van der Waals surface area (Å²) in [6.45, 7) is 1.65. The molecular formula is C25H22N2O8S. The molecule has 2 aromatic carbocycles. The number of fused-ring (bicyclic) bond motifs is 1. The van der Waals surface area contributed by atoms with Crippen molar-refractivity contribution in [2.24, 2.45) is 0 Å². The first kappa shape index (κ1) is 26.1. The lowest BCUT2D eigenvalue weighted by Crippen LogP contribution is -2.16. The van der Waals surface area contributed by atoms with Crippen LogP contribution >= 0.6 is 0 Å². The van der Waals surface area contributed by atoms with Gasteiger partial charge in [0.15, 0.2) is 0 Å². The second kappa shape index (κ2) is 10.8. The van der Waals surface area contributed by atoms with E-state index in [0.29, 0.717) is 22.3 Å². The molecule has 11 heteroatoms. The highest BCUT2D eigenvalue weighted by atomic mass is 32.2. The molecule has 2 heterocycles. The summed E-state index contributed by atoms with van der Waals surface area (Å²) >= 11 is 0. The topological polar surface area (TPSA) is 164 Å². The molecule has 3 N–H and O–H groups in total. The van der Waals surface area contributed by atoms with Crippen LogP contribution in [0.5, 0.6) is 0 Å². The number of carbonyl (C=O) groups is 3. The summed E-state index contributed by atoms with van der Waals surface area (Å²) in [5, 5.41) is 26.1. The molecule has 0 aliphatic heterocycles. The van der Waals surface area contributed by atoms with Crippen LogP contribution in [0.4, 0.5) is 0 Å². The summed E-state index contributed by atoms with van der Waals surface area (Å²) < 4.78 is 27.1. The minimum absolute atomic E-state index is 0.00241. The molecule has 10 nitrogen and oxygen atoms in total. The van der Waals surface area contributed by atoms with E-state index in [0.717, 1.165) is 6.07 Å². The number of carboxylic acids is 3. The first-order valence-electron chi connectivity index (χ1n) is 10.6. The van der Waals surface area contributed by atoms with Gasteiger partial charge in [0.25, 0.3) is 10.0 Å². The highest BCUT2D eigenvalue weighted by Gasteiger charge is 2.23. The Morgan fingerprint density at radius 2 is 1.47 bits per heavy atom. The zero-order valence-electron chi connectivity index (χ0n) is 19.0. The molecule has 0 unspecified atom stereocenters. The number of aromatic carboxylic acids is 2. The first-order valence-corrected chi connectivity index (χ1v) is 12.0. The van der Waals surface area contributed by atoms with E-state index in [-0.39, 0.29) is 28.9 Å². The number of hydrogen-bond acceptors (Lipinski definition) is 6. The van der Waals surface area contributed by atoms with Gasteiger partial charge in [-0.25, -0.2) is 22.0 Å². The standard InChI is InChI=1S/C16H14N2O4S.C9H8O4/c19-16(20)9-8-12-11-14-15(7-4-10-17-14)18(12)23(21,22)13-5-2-1-3-6-13;1-5-2-6(8(10)11)4-7(3-5)9(12)13/h1-7,10-11H,8-9H2,(H,19,20);2-4H,1H3,(H,10,11)(H,12,13). The minimum Gasteiger partial charge on any atom is -0.481 e. The number of aromatic nitrogens is 2. The van der Waals surface area contributed by atoms with Crippen molar-refractivity contribution in [1.29, 1.82) is 0 Å². The normalized spacial score (nSPS) is 10.9. The predicted molar refractivity (Wildman–Crippen MR) is 130 cm³/mol. The van der Waals surface area contributed by atoms with Crippen LogP contribution in [0.2, 0.25) is 0 Å². The van der Waals surface area contributed by atoms with Crippen LogP contribution in [-0.4, -0.2) is 50.6 Å². The maximum absolute atomic E-state index is 13.0. The van der Waals surface area contributed by atoms with Gasteiger partial charge >= 0.3 is 17.9 Å². The van der Waals surface area contributed by atoms with Gasteiger partial charge in [0.1, 0.15) is 0 Å². The van der Waals surface area contributed by atoms with Gasteiger partial charge in [0.2, 0.25) is 0 Å². The van der Waals surface area contributed by atoms with E-state index in [1.807, 2.05) is 0 Å². The van der Waals surface area contributed by atoms with Gasteiger partial charge in [0.05, 0.1) is 33.5 Å². The van der Waals surface area contributed by atoms with Crippen molar-refractivity contribution in [3.8, 4) is 0 Å². The van der Waals surface area contributed by atoms with Crippen molar-refractivity contribution in [1.82, 2.24) is 8.96 Å². The Balaban J connectivity index is 0.000000236. The summed E-state index contributed by atoms with van der Waals surface area (Å²) in [7, 11) is -3.82. The fourth-order valence-corrected chi connectivity index (χ4v) is 5.06. The molecule has 0 atom stereocenters. The molecule has 186 valence electrons. The number of nitrogens with zero attached hydrogens (tertiary/aromatic N) is 2. The summed E-state index contributed by atoms with van der Waals surface area (Å²) in [6, 6.07) is 17.0. The molecule has 0 bridgehead atoms. The third-order valence-corrected chi connectivity index (χ3v) is 6.83. The number of aryl methyl sites for hydroxylation is 2. The van der Waals surface area contributed by atoms with Gasteiger partial charge in [-0.1, -0.05) is 18.2 Å². The Bertz CT molecular complexity index is 1510. The number of rotatable bonds is 7. The van der Waals surface area contributed by atoms with Crippen molar-refractivity contribution >= 4 is 39.0 Å². The van der Waals surface area contributed by atoms with Gasteiger partial charge in [-0.3, -0.25) is 9.78 Å². The van der Waals surface area contributed by atoms with E-state index in [1.165, 1.54) is 28.2 Å². The summed E-state index contributed by atoms with van der Waals surface area (Å²) in [5.74, 6) is -3.22. The fourth-order valence-electron chi connectivity index (χ4n) is 3.48. The van der Waals surface area contributed by atoms with Crippen molar-refractivity contribution in [3.63, 3.8) is 0 Å². The third kappa shape index (κ3) is 5.94. The number of hydrogen-bond donors (Lipinski definition) is 3. The summed E-state index contributed by atoms with van der Waals surface area (Å²) in [6.07, 6.45) is 1.53. The average Bonchev–Trinajstić information content (AvgIpc) is 3.22. The molecule has 0 fully saturated rings. The Kier molecular flexibility index (Phi) is 7.85. The zero-order chi connectivity index (χ0) is 26.5. The molecule has 0 aliphatic rings. The second-order valence-electron chi connectivity index (χ2n) is 7.72. The van der Waals surface area contributed by atoms with Crippen molar-refractivity contribution in [2.45, 2.75) is 24.7 Å². The monoisotopic (exact) mass is 510 g/mol. The van der Waals surface area contributed by atoms with Crippen molar-refractivity contribution in [3.05, 3.63) is 95.3 Å². The fraction of sp³-hybridized carbons (Fsp3) is 0.120. The van der Waals surface area contributed by atoms with Crippen LogP contribution in [0.3, 0.4) is 0 Å². The molecule has 36 heavy (non-hydrogen) atoms. The van der Waals surface area contributed by atoms with Crippen LogP contribution in [0, 0.1) is 6.92 Å². The Labute approximate surface area is 206 Å². The molecule has 0 radical (unpaired) electrons. The van der Waals surface area contributed by atoms with Crippen LogP contribution in [0.25, 0.3) is 11.0 Å². The highest BCUT2D eigenvalue weighted by molar-refractivity contribution is 7.90. The van der Waals surface area contributed by atoms with E-state index in [4.69, 9.17) is 15.3 Å². The lowest BCUT2D eigenvalue weighted by molar-refractivity contribution is -0.137. The quantitative estimate of drug-likeness (QED) is 0.336. The SMILES string of the molecule is Cc1cc(C(=O)O)cc(C(=O)O)c1.O=C(O)CCc1cc2ncccc2n1S(=O)(=O)c1ccccc1. The van der Waals surface area contributed by atoms with Crippen molar-refractivity contribution < 1.29 is 38.1 Å². The van der Waals surface area contributed by atoms with E-state index in [9.17, 15) is 22.8 Å². The number of carboxylic acid groups (broad SMARTS) is 3. The number of aliphatic carboxylic acids is 1. The Hall–Kier alpha value is -4.51. The van der Waals surface area contributed by atoms with Gasteiger partial charge in [-0.05, 0) is 67.4 Å². The Morgan fingerprint density at radius 3 is 2.03 bits per heavy atom. The molecule has 4 rings (SSSR count). The molecule has 2 aromatic heterocycles. The van der Waals surface area contributed by atoms with Crippen LogP contribution in [0.15, 0.2) is 77.8 Å². The van der Waals surface area contributed by atoms with Gasteiger partial charge in [0, 0.05) is 11.9 Å². The molecule has 0 amide bonds. The predicted octanol–water partition coefficient (Wildman–Crippen LogP) is 3.68. The molecule has 0 saturated heterocycles. The molecule has 0 spiro atoms. The van der Waals surface area contributed by atoms with Crippen LogP contribution < -0.4 is 0 Å². The van der Waals surface area contributed by atoms with Gasteiger partial charge in [-0.15, -0.1) is 0 Å². The smallest absolute Gasteiger partial charge is 0.335 e. The lowest BCUT2D eigenvalue weighted by atomic mass is 10.1. The molecular weight excluding hydrogens is 488 g/mol. The lowest BCUT2D eigenvalue weighted by Gasteiger charge is -2.11. The highest BCUT2D eigenvalue weighted by Crippen LogP contribution is 2.25. The zero-order valence-corrected chi connectivity index (χ0v) is 19.8. The largest absolute Gasteiger partial charge is 0.481 e.